The Morgan fingerprint density at radius 1 is 0.864 bits per heavy atom. The van der Waals surface area contributed by atoms with Crippen molar-refractivity contribution in [3.05, 3.63) is 142 Å². The molecule has 5 aromatic rings. The summed E-state index contributed by atoms with van der Waals surface area (Å²) in [6, 6.07) is 35.4. The van der Waals surface area contributed by atoms with E-state index in [0.29, 0.717) is 5.69 Å². The monoisotopic (exact) mass is 598 g/mol. The number of allylic oxidation sites excluding steroid dienone is 2. The number of rotatable bonds is 4. The van der Waals surface area contributed by atoms with Gasteiger partial charge in [-0.3, -0.25) is 14.9 Å². The number of nitro groups is 1. The molecule has 2 aliphatic heterocycles. The minimum atomic E-state index is -2.88. The molecular formula is C35H31N6O2P. The van der Waals surface area contributed by atoms with E-state index in [-0.39, 0.29) is 16.0 Å². The topological polar surface area (TPSA) is 88.9 Å². The van der Waals surface area contributed by atoms with Crippen LogP contribution in [0.2, 0.25) is 0 Å². The quantitative estimate of drug-likeness (QED) is 0.119. The van der Waals surface area contributed by atoms with Crippen molar-refractivity contribution in [2.45, 2.75) is 26.2 Å². The number of non-ortho nitro benzene ring substituents is 1. The molecule has 0 bridgehead atoms. The van der Waals surface area contributed by atoms with E-state index in [1.54, 1.807) is 12.1 Å². The third-order valence-corrected chi connectivity index (χ3v) is 12.3. The number of aryl methyl sites for hydroxylation is 1. The molecule has 3 heterocycles. The molecule has 0 spiro atoms. The van der Waals surface area contributed by atoms with Crippen LogP contribution in [0.25, 0.3) is 5.69 Å². The highest BCUT2D eigenvalue weighted by atomic mass is 31.2. The summed E-state index contributed by atoms with van der Waals surface area (Å²) in [7, 11) is -0.759. The lowest BCUT2D eigenvalue weighted by molar-refractivity contribution is -0.384. The minimum absolute atomic E-state index is 0.0284. The smallest absolute Gasteiger partial charge is 0.269 e. The molecule has 0 fully saturated rings. The van der Waals surface area contributed by atoms with E-state index in [2.05, 4.69) is 62.2 Å². The molecule has 1 aromatic heterocycles. The molecule has 9 heteroatoms. The van der Waals surface area contributed by atoms with Gasteiger partial charge in [-0.15, -0.1) is 0 Å². The normalized spacial score (nSPS) is 19.9. The molecule has 2 aliphatic rings. The number of aromatic nitrogens is 2. The second-order valence-corrected chi connectivity index (χ2v) is 14.5. The first-order valence-electron chi connectivity index (χ1n) is 14.4. The first-order chi connectivity index (χ1) is 21.2. The van der Waals surface area contributed by atoms with Crippen molar-refractivity contribution in [3.63, 3.8) is 0 Å². The fourth-order valence-electron chi connectivity index (χ4n) is 6.63. The van der Waals surface area contributed by atoms with E-state index in [1.807, 2.05) is 66.4 Å². The maximum absolute atomic E-state index is 11.5. The van der Waals surface area contributed by atoms with Crippen LogP contribution in [0.5, 0.6) is 0 Å². The van der Waals surface area contributed by atoms with Gasteiger partial charge in [-0.25, -0.2) is 9.67 Å². The predicted octanol–water partition coefficient (Wildman–Crippen LogP) is 7.93. The molecule has 1 unspecified atom stereocenters. The van der Waals surface area contributed by atoms with Gasteiger partial charge in [0.1, 0.15) is 0 Å². The highest BCUT2D eigenvalue weighted by Gasteiger charge is 2.47. The van der Waals surface area contributed by atoms with Crippen LogP contribution in [0.1, 0.15) is 25.1 Å². The lowest BCUT2D eigenvalue weighted by atomic mass is 9.84. The Morgan fingerprint density at radius 3 is 2.16 bits per heavy atom. The molecule has 4 aromatic carbocycles. The van der Waals surface area contributed by atoms with Crippen LogP contribution >= 0.6 is 7.05 Å². The summed E-state index contributed by atoms with van der Waals surface area (Å²) in [6.07, 6.45) is 2.00. The third kappa shape index (κ3) is 4.09. The van der Waals surface area contributed by atoms with Crippen LogP contribution in [0.3, 0.4) is 0 Å². The van der Waals surface area contributed by atoms with E-state index in [9.17, 15) is 10.1 Å². The Hall–Kier alpha value is -5.07. The van der Waals surface area contributed by atoms with Crippen molar-refractivity contribution in [1.82, 2.24) is 9.78 Å². The average Bonchev–Trinajstić information content (AvgIpc) is 3.49. The zero-order valence-corrected chi connectivity index (χ0v) is 25.8. The average molecular weight is 599 g/mol. The van der Waals surface area contributed by atoms with Crippen LogP contribution in [0.4, 0.5) is 22.9 Å². The molecule has 0 saturated heterocycles. The highest BCUT2D eigenvalue weighted by Crippen LogP contribution is 2.64. The van der Waals surface area contributed by atoms with E-state index in [4.69, 9.17) is 14.8 Å². The SMILES string of the molecule is Cc1nn(-c2ccccc2)c2c1P(=Nc1ccc([N+](=O)[O-])cc1)(c1ccccc1)C(=C1N(C)c3ccccc3C1(C)C)C=N2. The van der Waals surface area contributed by atoms with E-state index >= 15 is 0 Å². The number of hydrogen-bond donors (Lipinski definition) is 0. The van der Waals surface area contributed by atoms with Gasteiger partial charge in [-0.1, -0.05) is 80.6 Å². The molecule has 0 radical (unpaired) electrons. The fourth-order valence-corrected chi connectivity index (χ4v) is 10.7. The Balaban J connectivity index is 1.65. The van der Waals surface area contributed by atoms with E-state index in [0.717, 1.165) is 44.5 Å². The van der Waals surface area contributed by atoms with Crippen molar-refractivity contribution in [3.8, 4) is 5.69 Å². The molecular weight excluding hydrogens is 567 g/mol. The van der Waals surface area contributed by atoms with Crippen molar-refractivity contribution < 1.29 is 4.92 Å². The maximum Gasteiger partial charge on any atom is 0.269 e. The van der Waals surface area contributed by atoms with Crippen LogP contribution in [-0.4, -0.2) is 28.0 Å². The Labute approximate surface area is 256 Å². The largest absolute Gasteiger partial charge is 0.346 e. The Morgan fingerprint density at radius 2 is 1.50 bits per heavy atom. The zero-order valence-electron chi connectivity index (χ0n) is 24.9. The molecule has 0 N–H and O–H groups in total. The standard InChI is InChI=1S/C35H31N6O2P/c1-24-32-34(40(37-24)26-13-7-5-8-14-26)36-23-31(33-35(2,3)29-17-11-12-18-30(29)39(33)4)44(32,28-15-9-6-10-16-28)38-25-19-21-27(22-20-25)41(42)43/h5-23H,1-4H3. The number of benzene rings is 4. The second kappa shape index (κ2) is 10.3. The molecule has 8 nitrogen and oxygen atoms in total. The lowest BCUT2D eigenvalue weighted by Crippen LogP contribution is -2.30. The lowest BCUT2D eigenvalue weighted by Gasteiger charge is -2.35. The molecule has 218 valence electrons. The minimum Gasteiger partial charge on any atom is -0.346 e. The molecule has 0 aliphatic carbocycles. The number of fused-ring (bicyclic) bond motifs is 2. The number of anilines is 1. The van der Waals surface area contributed by atoms with Crippen LogP contribution in [-0.2, 0) is 5.41 Å². The summed E-state index contributed by atoms with van der Waals surface area (Å²) in [5.41, 5.74) is 5.62. The van der Waals surface area contributed by atoms with Crippen LogP contribution < -0.4 is 15.5 Å². The van der Waals surface area contributed by atoms with Gasteiger partial charge in [0, 0.05) is 52.8 Å². The Bertz CT molecular complexity index is 2040. The number of nitrogens with zero attached hydrogens (tertiary/aromatic N) is 6. The van der Waals surface area contributed by atoms with Crippen LogP contribution in [0, 0.1) is 17.0 Å². The summed E-state index contributed by atoms with van der Waals surface area (Å²) < 4.78 is 7.58. The summed E-state index contributed by atoms with van der Waals surface area (Å²) in [4.78, 5) is 18.6. The molecule has 7 rings (SSSR count). The van der Waals surface area contributed by atoms with Gasteiger partial charge >= 0.3 is 0 Å². The van der Waals surface area contributed by atoms with Gasteiger partial charge < -0.3 is 4.90 Å². The molecule has 0 saturated carbocycles. The Kier molecular flexibility index (Phi) is 6.48. The second-order valence-electron chi connectivity index (χ2n) is 11.5. The van der Waals surface area contributed by atoms with E-state index < -0.39 is 7.05 Å². The van der Waals surface area contributed by atoms with Gasteiger partial charge in [0.05, 0.1) is 34.4 Å². The predicted molar refractivity (Wildman–Crippen MR) is 179 cm³/mol. The van der Waals surface area contributed by atoms with Crippen molar-refractivity contribution >= 4 is 46.8 Å². The maximum atomic E-state index is 11.5. The van der Waals surface area contributed by atoms with Crippen LogP contribution in [0.15, 0.2) is 130 Å². The van der Waals surface area contributed by atoms with Crippen molar-refractivity contribution in [2.75, 3.05) is 11.9 Å². The zero-order chi connectivity index (χ0) is 30.6. The number of likely N-dealkylation sites (N-methyl/N-ethyl adjacent to an activating group) is 1. The van der Waals surface area contributed by atoms with Gasteiger partial charge in [0.15, 0.2) is 5.82 Å². The van der Waals surface area contributed by atoms with Gasteiger partial charge in [0.25, 0.3) is 5.69 Å². The third-order valence-electron chi connectivity index (χ3n) is 8.55. The number of hydrogen-bond acceptors (Lipinski definition) is 6. The first-order valence-corrected chi connectivity index (χ1v) is 16.2. The summed E-state index contributed by atoms with van der Waals surface area (Å²) in [6.45, 7) is 6.54. The highest BCUT2D eigenvalue weighted by molar-refractivity contribution is 7.86. The number of nitro benzene ring substituents is 1. The summed E-state index contributed by atoms with van der Waals surface area (Å²) >= 11 is 0. The number of para-hydroxylation sites is 2. The fraction of sp³-hybridized carbons (Fsp3) is 0.143. The van der Waals surface area contributed by atoms with Crippen molar-refractivity contribution in [1.29, 1.82) is 0 Å². The molecule has 0 amide bonds. The molecule has 1 atom stereocenters. The summed E-state index contributed by atoms with van der Waals surface area (Å²) in [5, 5.41) is 19.7. The molecule has 44 heavy (non-hydrogen) atoms. The van der Waals surface area contributed by atoms with Gasteiger partial charge in [-0.2, -0.15) is 5.10 Å². The van der Waals surface area contributed by atoms with E-state index in [1.165, 1.54) is 17.7 Å². The number of aliphatic imine (C=N–C) groups is 1. The van der Waals surface area contributed by atoms with Crippen molar-refractivity contribution in [2.24, 2.45) is 9.74 Å². The first kappa shape index (κ1) is 27.7. The van der Waals surface area contributed by atoms with Gasteiger partial charge in [-0.05, 0) is 42.8 Å². The summed E-state index contributed by atoms with van der Waals surface area (Å²) in [5.74, 6) is 0.747. The van der Waals surface area contributed by atoms with Gasteiger partial charge in [0.2, 0.25) is 0 Å².